The van der Waals surface area contributed by atoms with Crippen molar-refractivity contribution < 1.29 is 26.4 Å². The van der Waals surface area contributed by atoms with E-state index in [2.05, 4.69) is 4.98 Å². The van der Waals surface area contributed by atoms with Gasteiger partial charge < -0.3 is 10.6 Å². The number of para-hydroxylation sites is 1. The number of sulfone groups is 1. The van der Waals surface area contributed by atoms with Crippen LogP contribution in [0.1, 0.15) is 23.2 Å². The number of benzene rings is 1. The number of nitrogens with two attached hydrogens (primary N) is 1. The Morgan fingerprint density at radius 3 is 2.32 bits per heavy atom. The molecule has 0 atom stereocenters. The number of rotatable bonds is 3. The molecule has 0 bridgehead atoms. The third-order valence-corrected chi connectivity index (χ3v) is 5.47. The monoisotopic (exact) mass is 373 g/mol. The second kappa shape index (κ2) is 5.87. The molecule has 1 aromatic carbocycles. The molecule has 1 aliphatic heterocycles. The van der Waals surface area contributed by atoms with Gasteiger partial charge in [0, 0.05) is 18.5 Å². The molecule has 3 rings (SSSR count). The molecule has 1 fully saturated rings. The second-order valence-corrected chi connectivity index (χ2v) is 7.52. The molecule has 1 aromatic heterocycles. The maximum atomic E-state index is 13.2. The Morgan fingerprint density at radius 1 is 1.16 bits per heavy atom. The number of halogens is 3. The van der Waals surface area contributed by atoms with Crippen LogP contribution in [0.4, 0.5) is 18.9 Å². The van der Waals surface area contributed by atoms with Gasteiger partial charge in [-0.15, -0.1) is 0 Å². The number of nitrogens with zero attached hydrogens (tertiary/aromatic N) is 2. The van der Waals surface area contributed by atoms with Crippen LogP contribution in [-0.2, 0) is 9.84 Å². The van der Waals surface area contributed by atoms with E-state index in [0.29, 0.717) is 25.9 Å². The van der Waals surface area contributed by atoms with Crippen LogP contribution in [0.2, 0.25) is 0 Å². The maximum Gasteiger partial charge on any atom is 0.503 e. The zero-order valence-electron chi connectivity index (χ0n) is 12.9. The van der Waals surface area contributed by atoms with Gasteiger partial charge in [0.15, 0.2) is 5.03 Å². The third kappa shape index (κ3) is 2.80. The quantitative estimate of drug-likeness (QED) is 0.891. The Balaban J connectivity index is 2.47. The van der Waals surface area contributed by atoms with Gasteiger partial charge in [0.1, 0.15) is 0 Å². The molecule has 0 saturated carbocycles. The number of anilines is 1. The topological polar surface area (TPSA) is 93.4 Å². The van der Waals surface area contributed by atoms with Gasteiger partial charge in [-0.2, -0.15) is 13.2 Å². The SMILES string of the molecule is NC(=O)c1c(N2CCCC2)c(S(=O)(=O)C(F)(F)F)nc2ccccc12. The zero-order chi connectivity index (χ0) is 18.4. The van der Waals surface area contributed by atoms with Crippen LogP contribution in [0.3, 0.4) is 0 Å². The maximum absolute atomic E-state index is 13.2. The molecule has 0 radical (unpaired) electrons. The Bertz CT molecular complexity index is 952. The van der Waals surface area contributed by atoms with Crippen LogP contribution < -0.4 is 10.6 Å². The fraction of sp³-hybridized carbons (Fsp3) is 0.333. The molecule has 25 heavy (non-hydrogen) atoms. The van der Waals surface area contributed by atoms with Crippen molar-refractivity contribution in [1.82, 2.24) is 4.98 Å². The number of amides is 1. The lowest BCUT2D eigenvalue weighted by Gasteiger charge is -2.24. The minimum absolute atomic E-state index is 0.0397. The second-order valence-electron chi connectivity index (χ2n) is 5.67. The minimum Gasteiger partial charge on any atom is -0.369 e. The number of carbonyl (C=O) groups is 1. The van der Waals surface area contributed by atoms with Gasteiger partial charge in [-0.25, -0.2) is 13.4 Å². The van der Waals surface area contributed by atoms with Gasteiger partial charge in [0.05, 0.1) is 16.8 Å². The van der Waals surface area contributed by atoms with Gasteiger partial charge >= 0.3 is 5.51 Å². The molecule has 2 aromatic rings. The van der Waals surface area contributed by atoms with Crippen LogP contribution in [0, 0.1) is 0 Å². The predicted molar refractivity (Wildman–Crippen MR) is 84.9 cm³/mol. The van der Waals surface area contributed by atoms with E-state index in [9.17, 15) is 26.4 Å². The van der Waals surface area contributed by atoms with Crippen molar-refractivity contribution in [3.8, 4) is 0 Å². The highest BCUT2D eigenvalue weighted by Crippen LogP contribution is 2.40. The summed E-state index contributed by atoms with van der Waals surface area (Å²) in [6, 6.07) is 5.87. The molecule has 0 spiro atoms. The number of pyridine rings is 1. The lowest BCUT2D eigenvalue weighted by atomic mass is 10.1. The molecule has 1 saturated heterocycles. The van der Waals surface area contributed by atoms with E-state index in [-0.39, 0.29) is 22.2 Å². The van der Waals surface area contributed by atoms with Crippen molar-refractivity contribution in [2.45, 2.75) is 23.4 Å². The molecule has 10 heteroatoms. The largest absolute Gasteiger partial charge is 0.503 e. The minimum atomic E-state index is -5.75. The molecule has 1 aliphatic rings. The highest BCUT2D eigenvalue weighted by Gasteiger charge is 2.50. The number of aromatic nitrogens is 1. The average molecular weight is 373 g/mol. The highest BCUT2D eigenvalue weighted by molar-refractivity contribution is 7.92. The Kier molecular flexibility index (Phi) is 4.10. The first kappa shape index (κ1) is 17.5. The normalized spacial score (nSPS) is 15.7. The first-order valence-corrected chi connectivity index (χ1v) is 8.92. The summed E-state index contributed by atoms with van der Waals surface area (Å²) < 4.78 is 63.6. The summed E-state index contributed by atoms with van der Waals surface area (Å²) in [5.74, 6) is -1.00. The van der Waals surface area contributed by atoms with E-state index in [1.165, 1.54) is 23.1 Å². The fourth-order valence-corrected chi connectivity index (χ4v) is 3.88. The summed E-state index contributed by atoms with van der Waals surface area (Å²) in [5.41, 5.74) is -0.790. The number of fused-ring (bicyclic) bond motifs is 1. The summed E-state index contributed by atoms with van der Waals surface area (Å²) in [6.07, 6.45) is 1.33. The van der Waals surface area contributed by atoms with Crippen molar-refractivity contribution >= 4 is 32.3 Å². The van der Waals surface area contributed by atoms with E-state index in [1.807, 2.05) is 0 Å². The van der Waals surface area contributed by atoms with Gasteiger partial charge in [-0.3, -0.25) is 4.79 Å². The number of hydrogen-bond donors (Lipinski definition) is 1. The Labute approximate surface area is 141 Å². The summed E-state index contributed by atoms with van der Waals surface area (Å²) in [4.78, 5) is 17.2. The Morgan fingerprint density at radius 2 is 1.76 bits per heavy atom. The van der Waals surface area contributed by atoms with Crippen molar-refractivity contribution in [2.75, 3.05) is 18.0 Å². The first-order chi connectivity index (χ1) is 11.6. The van der Waals surface area contributed by atoms with E-state index in [4.69, 9.17) is 5.73 Å². The summed E-state index contributed by atoms with van der Waals surface area (Å²) >= 11 is 0. The van der Waals surface area contributed by atoms with E-state index in [0.717, 1.165) is 0 Å². The number of hydrogen-bond acceptors (Lipinski definition) is 5. The lowest BCUT2D eigenvalue weighted by Crippen LogP contribution is -2.31. The molecule has 2 heterocycles. The summed E-state index contributed by atoms with van der Waals surface area (Å²) in [7, 11) is -5.75. The summed E-state index contributed by atoms with van der Waals surface area (Å²) in [6.45, 7) is 0.640. The standard InChI is InChI=1S/C15H14F3N3O3S/c16-15(17,18)25(23,24)14-12(21-7-3-4-8-21)11(13(19)22)9-5-1-2-6-10(9)20-14/h1-2,5-6H,3-4,7-8H2,(H2,19,22). The molecule has 134 valence electrons. The lowest BCUT2D eigenvalue weighted by molar-refractivity contribution is -0.0437. The highest BCUT2D eigenvalue weighted by atomic mass is 32.2. The number of carbonyl (C=O) groups excluding carboxylic acids is 1. The fourth-order valence-electron chi connectivity index (χ4n) is 2.96. The molecular weight excluding hydrogens is 359 g/mol. The van der Waals surface area contributed by atoms with Crippen molar-refractivity contribution in [1.29, 1.82) is 0 Å². The summed E-state index contributed by atoms with van der Waals surface area (Å²) in [5, 5.41) is -0.951. The first-order valence-electron chi connectivity index (χ1n) is 7.43. The van der Waals surface area contributed by atoms with Crippen LogP contribution >= 0.6 is 0 Å². The van der Waals surface area contributed by atoms with Crippen molar-refractivity contribution in [2.24, 2.45) is 5.73 Å². The predicted octanol–water partition coefficient (Wildman–Crippen LogP) is 2.23. The zero-order valence-corrected chi connectivity index (χ0v) is 13.7. The molecule has 0 aliphatic carbocycles. The van der Waals surface area contributed by atoms with Gasteiger partial charge in [-0.05, 0) is 18.9 Å². The molecular formula is C15H14F3N3O3S. The van der Waals surface area contributed by atoms with Crippen molar-refractivity contribution in [3.05, 3.63) is 29.8 Å². The number of primary amides is 1. The van der Waals surface area contributed by atoms with E-state index in [1.54, 1.807) is 6.07 Å². The third-order valence-electron chi connectivity index (χ3n) is 4.06. The molecule has 2 N–H and O–H groups in total. The van der Waals surface area contributed by atoms with E-state index >= 15 is 0 Å². The van der Waals surface area contributed by atoms with Gasteiger partial charge in [-0.1, -0.05) is 18.2 Å². The van der Waals surface area contributed by atoms with Crippen LogP contribution in [0.25, 0.3) is 10.9 Å². The average Bonchev–Trinajstić information content (AvgIpc) is 3.05. The number of alkyl halides is 3. The van der Waals surface area contributed by atoms with Gasteiger partial charge in [0.2, 0.25) is 0 Å². The smallest absolute Gasteiger partial charge is 0.369 e. The molecule has 1 amide bonds. The molecule has 6 nitrogen and oxygen atoms in total. The van der Waals surface area contributed by atoms with E-state index < -0.39 is 26.3 Å². The van der Waals surface area contributed by atoms with Crippen LogP contribution in [0.5, 0.6) is 0 Å². The van der Waals surface area contributed by atoms with Gasteiger partial charge in [0.25, 0.3) is 15.7 Å². The van der Waals surface area contributed by atoms with Crippen LogP contribution in [0.15, 0.2) is 29.3 Å². The van der Waals surface area contributed by atoms with Crippen LogP contribution in [-0.4, -0.2) is 37.9 Å². The van der Waals surface area contributed by atoms with Crippen molar-refractivity contribution in [3.63, 3.8) is 0 Å². The Hall–Kier alpha value is -2.36. The molecule has 0 unspecified atom stereocenters.